The summed E-state index contributed by atoms with van der Waals surface area (Å²) in [5, 5.41) is 0. The lowest BCUT2D eigenvalue weighted by atomic mass is 9.98. The molecule has 1 heterocycles. The molecule has 2 aliphatic rings. The molecule has 1 unspecified atom stereocenters. The number of hydrogen-bond acceptors (Lipinski definition) is 3. The highest BCUT2D eigenvalue weighted by Crippen LogP contribution is 2.28. The molecule has 0 spiro atoms. The third kappa shape index (κ3) is 2.99. The van der Waals surface area contributed by atoms with Gasteiger partial charge in [-0.25, -0.2) is 0 Å². The van der Waals surface area contributed by atoms with Crippen LogP contribution < -0.4 is 5.73 Å². The van der Waals surface area contributed by atoms with Gasteiger partial charge in [-0.15, -0.1) is 0 Å². The lowest BCUT2D eigenvalue weighted by Gasteiger charge is -2.36. The number of rotatable bonds is 3. The first-order valence-electron chi connectivity index (χ1n) is 6.85. The van der Waals surface area contributed by atoms with Crippen LogP contribution in [-0.4, -0.2) is 42.6 Å². The topological polar surface area (TPSA) is 55.6 Å². The van der Waals surface area contributed by atoms with Crippen molar-refractivity contribution in [1.29, 1.82) is 0 Å². The highest BCUT2D eigenvalue weighted by atomic mass is 16.5. The van der Waals surface area contributed by atoms with Crippen molar-refractivity contribution in [3.05, 3.63) is 0 Å². The number of nitrogens with two attached hydrogens (primary N) is 1. The Bertz CT molecular complexity index is 270. The lowest BCUT2D eigenvalue weighted by Crippen LogP contribution is -2.49. The molecule has 4 heteroatoms. The number of amides is 1. The maximum Gasteiger partial charge on any atom is 0.223 e. The van der Waals surface area contributed by atoms with Crippen molar-refractivity contribution in [3.8, 4) is 0 Å². The highest BCUT2D eigenvalue weighted by Gasteiger charge is 2.31. The van der Waals surface area contributed by atoms with Crippen molar-refractivity contribution < 1.29 is 9.53 Å². The number of nitrogens with zero attached hydrogens (tertiary/aromatic N) is 1. The summed E-state index contributed by atoms with van der Waals surface area (Å²) in [6.45, 7) is 4.23. The van der Waals surface area contributed by atoms with Crippen molar-refractivity contribution in [2.75, 3.05) is 19.8 Å². The van der Waals surface area contributed by atoms with Gasteiger partial charge >= 0.3 is 0 Å². The largest absolute Gasteiger partial charge is 0.377 e. The molecule has 4 nitrogen and oxygen atoms in total. The summed E-state index contributed by atoms with van der Waals surface area (Å²) < 4.78 is 5.43. The van der Waals surface area contributed by atoms with Crippen LogP contribution in [0.25, 0.3) is 0 Å². The zero-order valence-electron chi connectivity index (χ0n) is 10.7. The molecule has 1 aliphatic heterocycles. The van der Waals surface area contributed by atoms with Crippen molar-refractivity contribution in [3.63, 3.8) is 0 Å². The lowest BCUT2D eigenvalue weighted by molar-refractivity contribution is -0.141. The van der Waals surface area contributed by atoms with E-state index in [9.17, 15) is 4.79 Å². The Labute approximate surface area is 103 Å². The summed E-state index contributed by atoms with van der Waals surface area (Å²) in [7, 11) is 0. The van der Waals surface area contributed by atoms with Gasteiger partial charge in [0.15, 0.2) is 0 Å². The van der Waals surface area contributed by atoms with Crippen molar-refractivity contribution in [2.24, 2.45) is 11.7 Å². The van der Waals surface area contributed by atoms with Gasteiger partial charge < -0.3 is 15.4 Å². The first-order valence-corrected chi connectivity index (χ1v) is 6.85. The normalized spacial score (nSPS) is 34.0. The van der Waals surface area contributed by atoms with E-state index < -0.39 is 0 Å². The van der Waals surface area contributed by atoms with E-state index in [1.165, 1.54) is 6.42 Å². The molecule has 0 bridgehead atoms. The predicted octanol–water partition coefficient (Wildman–Crippen LogP) is 1.14. The van der Waals surface area contributed by atoms with Crippen molar-refractivity contribution in [1.82, 2.24) is 4.90 Å². The van der Waals surface area contributed by atoms with Crippen LogP contribution in [0.3, 0.4) is 0 Å². The second-order valence-electron chi connectivity index (χ2n) is 5.28. The molecule has 0 radical (unpaired) electrons. The van der Waals surface area contributed by atoms with E-state index in [0.29, 0.717) is 25.6 Å². The van der Waals surface area contributed by atoms with Crippen LogP contribution in [0.2, 0.25) is 0 Å². The molecule has 1 saturated heterocycles. The van der Waals surface area contributed by atoms with Crippen LogP contribution in [0.15, 0.2) is 0 Å². The molecule has 17 heavy (non-hydrogen) atoms. The summed E-state index contributed by atoms with van der Waals surface area (Å²) >= 11 is 0. The molecule has 3 atom stereocenters. The van der Waals surface area contributed by atoms with E-state index >= 15 is 0 Å². The molecule has 1 saturated carbocycles. The molecule has 0 aromatic carbocycles. The maximum absolute atomic E-state index is 12.3. The molecular weight excluding hydrogens is 216 g/mol. The molecule has 2 rings (SSSR count). The average molecular weight is 240 g/mol. The Morgan fingerprint density at radius 2 is 2.29 bits per heavy atom. The van der Waals surface area contributed by atoms with Gasteiger partial charge in [0.25, 0.3) is 0 Å². The van der Waals surface area contributed by atoms with Gasteiger partial charge in [-0.05, 0) is 25.2 Å². The van der Waals surface area contributed by atoms with E-state index in [1.807, 2.05) is 4.90 Å². The summed E-state index contributed by atoms with van der Waals surface area (Å²) in [5.41, 5.74) is 6.03. The Balaban J connectivity index is 1.89. The fourth-order valence-electron chi connectivity index (χ4n) is 2.98. The minimum absolute atomic E-state index is 0.236. The molecule has 1 amide bonds. The van der Waals surface area contributed by atoms with Crippen LogP contribution in [-0.2, 0) is 9.53 Å². The molecule has 0 aromatic rings. The van der Waals surface area contributed by atoms with Gasteiger partial charge in [0.1, 0.15) is 0 Å². The van der Waals surface area contributed by atoms with E-state index in [0.717, 1.165) is 25.8 Å². The maximum atomic E-state index is 12.3. The third-order valence-corrected chi connectivity index (χ3v) is 4.17. The molecular formula is C13H24N2O2. The van der Waals surface area contributed by atoms with Crippen molar-refractivity contribution in [2.45, 2.75) is 51.1 Å². The number of carbonyl (C=O) groups is 1. The molecule has 2 N–H and O–H groups in total. The zero-order valence-corrected chi connectivity index (χ0v) is 10.7. The predicted molar refractivity (Wildman–Crippen MR) is 66.5 cm³/mol. The Kier molecular flexibility index (Phi) is 4.40. The number of morpholine rings is 1. The quantitative estimate of drug-likeness (QED) is 0.805. The summed E-state index contributed by atoms with van der Waals surface area (Å²) in [4.78, 5) is 14.3. The Morgan fingerprint density at radius 3 is 2.94 bits per heavy atom. The first kappa shape index (κ1) is 12.8. The van der Waals surface area contributed by atoms with E-state index in [2.05, 4.69) is 6.92 Å². The minimum atomic E-state index is 0.236. The highest BCUT2D eigenvalue weighted by molar-refractivity contribution is 5.77. The molecule has 1 aliphatic carbocycles. The summed E-state index contributed by atoms with van der Waals surface area (Å²) in [5.74, 6) is 0.686. The van der Waals surface area contributed by atoms with Crippen LogP contribution >= 0.6 is 0 Å². The SMILES string of the molecule is CCC1COCCN1C(=O)C[C@@H]1CCC[C@H]1N. The molecule has 0 aromatic heterocycles. The van der Waals surface area contributed by atoms with Gasteiger partial charge in [-0.1, -0.05) is 13.3 Å². The van der Waals surface area contributed by atoms with Crippen LogP contribution in [0.1, 0.15) is 39.0 Å². The molecule has 98 valence electrons. The fraction of sp³-hybridized carbons (Fsp3) is 0.923. The Morgan fingerprint density at radius 1 is 1.47 bits per heavy atom. The van der Waals surface area contributed by atoms with Gasteiger partial charge in [-0.2, -0.15) is 0 Å². The van der Waals surface area contributed by atoms with Gasteiger partial charge in [0, 0.05) is 19.0 Å². The average Bonchev–Trinajstić information content (AvgIpc) is 2.75. The van der Waals surface area contributed by atoms with Crippen LogP contribution in [0.4, 0.5) is 0 Å². The van der Waals surface area contributed by atoms with Gasteiger partial charge in [-0.3, -0.25) is 4.79 Å². The number of carbonyl (C=O) groups excluding carboxylic acids is 1. The summed E-state index contributed by atoms with van der Waals surface area (Å²) in [6.07, 6.45) is 4.99. The third-order valence-electron chi connectivity index (χ3n) is 4.17. The smallest absolute Gasteiger partial charge is 0.223 e. The zero-order chi connectivity index (χ0) is 12.3. The van der Waals surface area contributed by atoms with Gasteiger partial charge in [0.05, 0.1) is 19.3 Å². The monoisotopic (exact) mass is 240 g/mol. The van der Waals surface area contributed by atoms with E-state index in [-0.39, 0.29) is 18.0 Å². The summed E-state index contributed by atoms with van der Waals surface area (Å²) in [6, 6.07) is 0.508. The first-order chi connectivity index (χ1) is 8.22. The van der Waals surface area contributed by atoms with E-state index in [4.69, 9.17) is 10.5 Å². The van der Waals surface area contributed by atoms with E-state index in [1.54, 1.807) is 0 Å². The van der Waals surface area contributed by atoms with Crippen LogP contribution in [0.5, 0.6) is 0 Å². The van der Waals surface area contributed by atoms with Gasteiger partial charge in [0.2, 0.25) is 5.91 Å². The minimum Gasteiger partial charge on any atom is -0.377 e. The molecule has 2 fully saturated rings. The second-order valence-corrected chi connectivity index (χ2v) is 5.28. The Hall–Kier alpha value is -0.610. The van der Waals surface area contributed by atoms with Crippen LogP contribution in [0, 0.1) is 5.92 Å². The number of ether oxygens (including phenoxy) is 1. The number of hydrogen-bond donors (Lipinski definition) is 1. The van der Waals surface area contributed by atoms with Crippen molar-refractivity contribution >= 4 is 5.91 Å². The fourth-order valence-corrected chi connectivity index (χ4v) is 2.98. The standard InChI is InChI=1S/C13H24N2O2/c1-2-11-9-17-7-6-15(11)13(16)8-10-4-3-5-12(10)14/h10-12H,2-9,14H2,1H3/t10-,11?,12+/m0/s1. The second kappa shape index (κ2) is 5.83.